The number of rotatable bonds is 3. The van der Waals surface area contributed by atoms with E-state index in [1.807, 2.05) is 0 Å². The van der Waals surface area contributed by atoms with Crippen molar-refractivity contribution < 1.29 is 19.4 Å². The van der Waals surface area contributed by atoms with Crippen LogP contribution in [-0.2, 0) is 10.4 Å². The van der Waals surface area contributed by atoms with E-state index in [1.54, 1.807) is 0 Å². The Hall–Kier alpha value is -1.49. The van der Waals surface area contributed by atoms with Crippen LogP contribution in [0.1, 0.15) is 12.5 Å². The molecule has 0 aliphatic rings. The summed E-state index contributed by atoms with van der Waals surface area (Å²) in [4.78, 5) is 14.0. The third-order valence-electron chi connectivity index (χ3n) is 1.96. The first-order chi connectivity index (χ1) is 6.46. The maximum Gasteiger partial charge on any atom is 0.341 e. The molecule has 0 amide bonds. The van der Waals surface area contributed by atoms with Gasteiger partial charge in [0.05, 0.1) is 0 Å². The lowest BCUT2D eigenvalue weighted by Gasteiger charge is -2.24. The number of alkyl halides is 1. The highest BCUT2D eigenvalue weighted by atomic mass is 19.1. The topological polar surface area (TPSA) is 70.4 Å². The van der Waals surface area contributed by atoms with Gasteiger partial charge in [0.1, 0.15) is 5.60 Å². The van der Waals surface area contributed by atoms with Crippen molar-refractivity contribution in [1.29, 1.82) is 0 Å². The highest BCUT2D eigenvalue weighted by molar-refractivity contribution is 5.74. The van der Waals surface area contributed by atoms with E-state index in [9.17, 15) is 14.3 Å². The summed E-state index contributed by atoms with van der Waals surface area (Å²) in [5.74, 6) is -1.70. The normalized spacial score (nSPS) is 17.1. The van der Waals surface area contributed by atoms with Crippen LogP contribution in [0.5, 0.6) is 0 Å². The van der Waals surface area contributed by atoms with E-state index in [1.165, 1.54) is 24.5 Å². The van der Waals surface area contributed by atoms with Crippen molar-refractivity contribution in [3.8, 4) is 0 Å². The maximum atomic E-state index is 13.1. The van der Waals surface area contributed by atoms with Crippen LogP contribution in [0.15, 0.2) is 24.5 Å². The molecule has 14 heavy (non-hydrogen) atoms. The minimum Gasteiger partial charge on any atom is -0.479 e. The smallest absolute Gasteiger partial charge is 0.341 e. The standard InChI is InChI=1S/C9H10FNO3/c1-9(14,7(10)8(12)13)6-3-2-4-11-5-6/h2-5,7,14H,1H3,(H,12,13). The largest absolute Gasteiger partial charge is 0.479 e. The number of aliphatic hydroxyl groups is 1. The fourth-order valence-corrected chi connectivity index (χ4v) is 1.05. The first-order valence-electron chi connectivity index (χ1n) is 3.96. The Labute approximate surface area is 80.0 Å². The lowest BCUT2D eigenvalue weighted by atomic mass is 9.92. The molecule has 1 aromatic heterocycles. The van der Waals surface area contributed by atoms with Gasteiger partial charge < -0.3 is 10.2 Å². The second-order valence-corrected chi connectivity index (χ2v) is 3.09. The molecule has 5 heteroatoms. The molecule has 0 fully saturated rings. The lowest BCUT2D eigenvalue weighted by Crippen LogP contribution is -2.39. The molecule has 1 heterocycles. The van der Waals surface area contributed by atoms with Gasteiger partial charge in [0.25, 0.3) is 0 Å². The molecule has 76 valence electrons. The summed E-state index contributed by atoms with van der Waals surface area (Å²) in [5.41, 5.74) is -1.92. The van der Waals surface area contributed by atoms with Crippen LogP contribution < -0.4 is 0 Å². The summed E-state index contributed by atoms with van der Waals surface area (Å²) >= 11 is 0. The lowest BCUT2D eigenvalue weighted by molar-refractivity contribution is -0.153. The molecule has 0 saturated carbocycles. The zero-order valence-electron chi connectivity index (χ0n) is 7.51. The molecule has 2 atom stereocenters. The average Bonchev–Trinajstić information content (AvgIpc) is 2.18. The predicted molar refractivity (Wildman–Crippen MR) is 46.3 cm³/mol. The van der Waals surface area contributed by atoms with Gasteiger partial charge in [-0.2, -0.15) is 0 Å². The van der Waals surface area contributed by atoms with Gasteiger partial charge in [0, 0.05) is 18.0 Å². The van der Waals surface area contributed by atoms with E-state index >= 15 is 0 Å². The molecule has 2 N–H and O–H groups in total. The molecular weight excluding hydrogens is 189 g/mol. The molecule has 2 unspecified atom stereocenters. The summed E-state index contributed by atoms with van der Waals surface area (Å²) in [6.45, 7) is 1.10. The van der Waals surface area contributed by atoms with Crippen LogP contribution >= 0.6 is 0 Å². The molecular formula is C9H10FNO3. The molecule has 1 aromatic rings. The van der Waals surface area contributed by atoms with Crippen molar-refractivity contribution in [3.63, 3.8) is 0 Å². The van der Waals surface area contributed by atoms with Gasteiger partial charge in [-0.05, 0) is 13.0 Å². The molecule has 0 aliphatic heterocycles. The Morgan fingerprint density at radius 3 is 2.79 bits per heavy atom. The van der Waals surface area contributed by atoms with Gasteiger partial charge in [0.2, 0.25) is 6.17 Å². The molecule has 0 aromatic carbocycles. The van der Waals surface area contributed by atoms with Crippen LogP contribution in [0.2, 0.25) is 0 Å². The van der Waals surface area contributed by atoms with E-state index < -0.39 is 17.7 Å². The van der Waals surface area contributed by atoms with Gasteiger partial charge in [-0.15, -0.1) is 0 Å². The number of carbonyl (C=O) groups is 1. The van der Waals surface area contributed by atoms with E-state index in [0.29, 0.717) is 0 Å². The molecule has 4 nitrogen and oxygen atoms in total. The average molecular weight is 199 g/mol. The Morgan fingerprint density at radius 2 is 2.36 bits per heavy atom. The fourth-order valence-electron chi connectivity index (χ4n) is 1.05. The summed E-state index contributed by atoms with van der Waals surface area (Å²) in [5, 5.41) is 18.1. The number of hydrogen-bond donors (Lipinski definition) is 2. The Morgan fingerprint density at radius 1 is 1.71 bits per heavy atom. The number of aromatic nitrogens is 1. The van der Waals surface area contributed by atoms with E-state index in [-0.39, 0.29) is 5.56 Å². The third-order valence-corrected chi connectivity index (χ3v) is 1.96. The number of carboxylic acids is 1. The highest BCUT2D eigenvalue weighted by Crippen LogP contribution is 2.26. The van der Waals surface area contributed by atoms with Crippen molar-refractivity contribution in [2.75, 3.05) is 0 Å². The summed E-state index contributed by atoms with van der Waals surface area (Å²) < 4.78 is 13.1. The summed E-state index contributed by atoms with van der Waals surface area (Å²) in [6, 6.07) is 2.92. The van der Waals surface area contributed by atoms with Gasteiger partial charge in [-0.25, -0.2) is 9.18 Å². The zero-order valence-corrected chi connectivity index (χ0v) is 7.51. The quantitative estimate of drug-likeness (QED) is 0.752. The number of carboxylic acid groups (broad SMARTS) is 1. The van der Waals surface area contributed by atoms with Crippen LogP contribution in [0, 0.1) is 0 Å². The second kappa shape index (κ2) is 3.71. The van der Waals surface area contributed by atoms with E-state index in [2.05, 4.69) is 4.98 Å². The minimum absolute atomic E-state index is 0.134. The molecule has 0 bridgehead atoms. The van der Waals surface area contributed by atoms with Crippen LogP contribution in [0.3, 0.4) is 0 Å². The zero-order chi connectivity index (χ0) is 10.8. The van der Waals surface area contributed by atoms with E-state index in [0.717, 1.165) is 6.92 Å². The molecule has 0 aliphatic carbocycles. The second-order valence-electron chi connectivity index (χ2n) is 3.09. The van der Waals surface area contributed by atoms with Crippen molar-refractivity contribution in [2.24, 2.45) is 0 Å². The van der Waals surface area contributed by atoms with Gasteiger partial charge >= 0.3 is 5.97 Å². The summed E-state index contributed by atoms with van der Waals surface area (Å²) in [6.07, 6.45) is 0.315. The SMILES string of the molecule is CC(O)(c1cccnc1)C(F)C(=O)O. The van der Waals surface area contributed by atoms with Gasteiger partial charge in [-0.3, -0.25) is 4.98 Å². The number of nitrogens with zero attached hydrogens (tertiary/aromatic N) is 1. The predicted octanol–water partition coefficient (Wildman–Crippen LogP) is 0.712. The minimum atomic E-state index is -2.37. The molecule has 0 saturated heterocycles. The van der Waals surface area contributed by atoms with Crippen LogP contribution in [-0.4, -0.2) is 27.3 Å². The van der Waals surface area contributed by atoms with E-state index in [4.69, 9.17) is 5.11 Å². The Kier molecular flexibility index (Phi) is 2.81. The van der Waals surface area contributed by atoms with Crippen molar-refractivity contribution >= 4 is 5.97 Å². The maximum absolute atomic E-state index is 13.1. The third kappa shape index (κ3) is 1.88. The fraction of sp³-hybridized carbons (Fsp3) is 0.333. The van der Waals surface area contributed by atoms with Crippen LogP contribution in [0.4, 0.5) is 4.39 Å². The van der Waals surface area contributed by atoms with Crippen molar-refractivity contribution in [2.45, 2.75) is 18.7 Å². The van der Waals surface area contributed by atoms with Gasteiger partial charge in [-0.1, -0.05) is 6.07 Å². The number of aliphatic carboxylic acids is 1. The Bertz CT molecular complexity index is 326. The summed E-state index contributed by atoms with van der Waals surface area (Å²) in [7, 11) is 0. The highest BCUT2D eigenvalue weighted by Gasteiger charge is 2.39. The first-order valence-corrected chi connectivity index (χ1v) is 3.96. The van der Waals surface area contributed by atoms with Crippen molar-refractivity contribution in [1.82, 2.24) is 4.98 Å². The molecule has 0 spiro atoms. The Balaban J connectivity index is 3.02. The first kappa shape index (κ1) is 10.6. The van der Waals surface area contributed by atoms with Crippen LogP contribution in [0.25, 0.3) is 0 Å². The number of pyridine rings is 1. The monoisotopic (exact) mass is 199 g/mol. The molecule has 1 rings (SSSR count). The van der Waals surface area contributed by atoms with Crippen molar-refractivity contribution in [3.05, 3.63) is 30.1 Å². The number of hydrogen-bond acceptors (Lipinski definition) is 3. The van der Waals surface area contributed by atoms with Gasteiger partial charge in [0.15, 0.2) is 0 Å². The molecule has 0 radical (unpaired) electrons. The number of halogens is 1.